The average Bonchev–Trinajstić information content (AvgIpc) is 3.15. The smallest absolute Gasteiger partial charge is 0.328 e. The minimum atomic E-state index is -0.470. The van der Waals surface area contributed by atoms with Gasteiger partial charge in [0.15, 0.2) is 0 Å². The second-order valence-electron chi connectivity index (χ2n) is 6.01. The Morgan fingerprint density at radius 2 is 2.00 bits per heavy atom. The maximum atomic E-state index is 12.9. The minimum absolute atomic E-state index is 0.0871. The predicted molar refractivity (Wildman–Crippen MR) is 103 cm³/mol. The molecule has 0 bridgehead atoms. The lowest BCUT2D eigenvalue weighted by atomic mass is 10.1. The van der Waals surface area contributed by atoms with Gasteiger partial charge in [0.1, 0.15) is 0 Å². The molecular weight excluding hydrogens is 382 g/mol. The number of amides is 1. The molecule has 1 amide bonds. The van der Waals surface area contributed by atoms with Crippen LogP contribution >= 0.6 is 11.8 Å². The van der Waals surface area contributed by atoms with Gasteiger partial charge in [-0.1, -0.05) is 42.1 Å². The van der Waals surface area contributed by atoms with Gasteiger partial charge in [0.2, 0.25) is 11.8 Å². The van der Waals surface area contributed by atoms with Gasteiger partial charge in [-0.2, -0.15) is 0 Å². The molecule has 3 rings (SSSR count). The Labute approximate surface area is 164 Å². The van der Waals surface area contributed by atoms with Gasteiger partial charge in [-0.05, 0) is 12.5 Å². The van der Waals surface area contributed by atoms with E-state index in [1.807, 2.05) is 30.3 Å². The first kappa shape index (κ1) is 19.6. The number of hydrogen-bond donors (Lipinski definition) is 2. The van der Waals surface area contributed by atoms with Crippen LogP contribution in [0.5, 0.6) is 0 Å². The second-order valence-corrected chi connectivity index (χ2v) is 6.94. The van der Waals surface area contributed by atoms with Crippen molar-refractivity contribution in [3.05, 3.63) is 73.9 Å². The fourth-order valence-electron chi connectivity index (χ4n) is 2.56. The molecule has 2 heterocycles. The number of nitrogens with zero attached hydrogens (tertiary/aromatic N) is 3. The van der Waals surface area contributed by atoms with Crippen LogP contribution in [0.3, 0.4) is 0 Å². The first-order valence-electron chi connectivity index (χ1n) is 8.50. The van der Waals surface area contributed by atoms with E-state index in [0.29, 0.717) is 11.3 Å². The quantitative estimate of drug-likeness (QED) is 0.559. The van der Waals surface area contributed by atoms with Crippen molar-refractivity contribution in [3.63, 3.8) is 0 Å². The van der Waals surface area contributed by atoms with Crippen molar-refractivity contribution in [1.29, 1.82) is 0 Å². The first-order valence-corrected chi connectivity index (χ1v) is 9.48. The van der Waals surface area contributed by atoms with Crippen molar-refractivity contribution in [2.45, 2.75) is 25.1 Å². The van der Waals surface area contributed by atoms with E-state index in [1.54, 1.807) is 14.0 Å². The van der Waals surface area contributed by atoms with Gasteiger partial charge in [-0.3, -0.25) is 14.2 Å². The standard InChI is InChI=1S/C18H19N5O4S/c1-11-13(8-15-21-22-18(27-15)28-10-14(24)19-2)16(25)23(17(26)20-11)9-12-6-4-3-5-7-12/h3-7H,8-10H2,1-2H3,(H,19,24)(H,20,26). The Bertz CT molecular complexity index is 1090. The molecule has 1 aromatic carbocycles. The van der Waals surface area contributed by atoms with Crippen LogP contribution in [-0.4, -0.2) is 38.5 Å². The summed E-state index contributed by atoms with van der Waals surface area (Å²) >= 11 is 1.11. The lowest BCUT2D eigenvalue weighted by Gasteiger charge is -2.09. The lowest BCUT2D eigenvalue weighted by molar-refractivity contribution is -0.118. The van der Waals surface area contributed by atoms with Gasteiger partial charge in [-0.15, -0.1) is 10.2 Å². The van der Waals surface area contributed by atoms with Gasteiger partial charge in [0.05, 0.1) is 18.7 Å². The Morgan fingerprint density at radius 1 is 1.25 bits per heavy atom. The number of hydrogen-bond acceptors (Lipinski definition) is 7. The lowest BCUT2D eigenvalue weighted by Crippen LogP contribution is -2.38. The van der Waals surface area contributed by atoms with Crippen LogP contribution in [-0.2, 0) is 17.8 Å². The number of thioether (sulfide) groups is 1. The molecule has 146 valence electrons. The van der Waals surface area contributed by atoms with Crippen LogP contribution in [0.1, 0.15) is 22.7 Å². The van der Waals surface area contributed by atoms with Crippen LogP contribution < -0.4 is 16.6 Å². The van der Waals surface area contributed by atoms with Crippen molar-refractivity contribution in [2.75, 3.05) is 12.8 Å². The molecule has 0 atom stereocenters. The van der Waals surface area contributed by atoms with Crippen molar-refractivity contribution in [2.24, 2.45) is 0 Å². The van der Waals surface area contributed by atoms with Gasteiger partial charge in [-0.25, -0.2) is 4.79 Å². The number of carbonyl (C=O) groups excluding carboxylic acids is 1. The van der Waals surface area contributed by atoms with Crippen molar-refractivity contribution in [1.82, 2.24) is 25.1 Å². The molecule has 28 heavy (non-hydrogen) atoms. The summed E-state index contributed by atoms with van der Waals surface area (Å²) in [6.45, 7) is 1.82. The fourth-order valence-corrected chi connectivity index (χ4v) is 3.21. The third-order valence-corrected chi connectivity index (χ3v) is 4.88. The predicted octanol–water partition coefficient (Wildman–Crippen LogP) is 0.705. The van der Waals surface area contributed by atoms with E-state index in [9.17, 15) is 14.4 Å². The van der Waals surface area contributed by atoms with Gasteiger partial charge >= 0.3 is 5.69 Å². The van der Waals surface area contributed by atoms with Crippen molar-refractivity contribution < 1.29 is 9.21 Å². The highest BCUT2D eigenvalue weighted by molar-refractivity contribution is 7.99. The molecule has 0 saturated heterocycles. The molecule has 2 aromatic heterocycles. The molecule has 0 unspecified atom stereocenters. The Balaban J connectivity index is 1.83. The van der Waals surface area contributed by atoms with E-state index in [0.717, 1.165) is 21.9 Å². The zero-order chi connectivity index (χ0) is 20.1. The monoisotopic (exact) mass is 401 g/mol. The maximum absolute atomic E-state index is 12.9. The van der Waals surface area contributed by atoms with E-state index >= 15 is 0 Å². The number of aryl methyl sites for hydroxylation is 1. The number of benzene rings is 1. The van der Waals surface area contributed by atoms with E-state index in [1.165, 1.54) is 0 Å². The Kier molecular flexibility index (Phi) is 6.09. The van der Waals surface area contributed by atoms with Crippen LogP contribution in [0.4, 0.5) is 0 Å². The zero-order valence-corrected chi connectivity index (χ0v) is 16.2. The van der Waals surface area contributed by atoms with Crippen molar-refractivity contribution in [3.8, 4) is 0 Å². The Morgan fingerprint density at radius 3 is 2.71 bits per heavy atom. The highest BCUT2D eigenvalue weighted by Crippen LogP contribution is 2.17. The molecule has 0 saturated carbocycles. The summed E-state index contributed by atoms with van der Waals surface area (Å²) in [4.78, 5) is 39.1. The van der Waals surface area contributed by atoms with E-state index < -0.39 is 11.2 Å². The van der Waals surface area contributed by atoms with E-state index in [-0.39, 0.29) is 35.7 Å². The maximum Gasteiger partial charge on any atom is 0.328 e. The third kappa shape index (κ3) is 4.58. The molecule has 0 radical (unpaired) electrons. The minimum Gasteiger partial charge on any atom is -0.416 e. The second kappa shape index (κ2) is 8.70. The SMILES string of the molecule is CNC(=O)CSc1nnc(Cc2c(C)[nH]c(=O)n(Cc3ccccc3)c2=O)o1. The Hall–Kier alpha value is -3.14. The van der Waals surface area contributed by atoms with Crippen LogP contribution in [0.15, 0.2) is 49.6 Å². The van der Waals surface area contributed by atoms with Gasteiger partial charge in [0.25, 0.3) is 10.8 Å². The highest BCUT2D eigenvalue weighted by atomic mass is 32.2. The molecule has 2 N–H and O–H groups in total. The van der Waals surface area contributed by atoms with Crippen molar-refractivity contribution >= 4 is 17.7 Å². The number of aromatic nitrogens is 4. The zero-order valence-electron chi connectivity index (χ0n) is 15.4. The van der Waals surface area contributed by atoms with Crippen LogP contribution in [0.25, 0.3) is 0 Å². The number of H-pyrrole nitrogens is 1. The molecule has 0 fully saturated rings. The van der Waals surface area contributed by atoms with Crippen LogP contribution in [0, 0.1) is 6.92 Å². The summed E-state index contributed by atoms with van der Waals surface area (Å²) in [6, 6.07) is 9.26. The largest absolute Gasteiger partial charge is 0.416 e. The van der Waals surface area contributed by atoms with E-state index in [4.69, 9.17) is 4.42 Å². The van der Waals surface area contributed by atoms with E-state index in [2.05, 4.69) is 20.5 Å². The normalized spacial score (nSPS) is 10.8. The molecular formula is C18H19N5O4S. The summed E-state index contributed by atoms with van der Waals surface area (Å²) in [5, 5.41) is 10.5. The first-order chi connectivity index (χ1) is 13.5. The average molecular weight is 401 g/mol. The number of carbonyl (C=O) groups is 1. The summed E-state index contributed by atoms with van der Waals surface area (Å²) in [5.41, 5.74) is 0.806. The van der Waals surface area contributed by atoms with Gasteiger partial charge < -0.3 is 14.7 Å². The molecule has 0 aliphatic carbocycles. The van der Waals surface area contributed by atoms with Gasteiger partial charge in [0, 0.05) is 18.3 Å². The molecule has 3 aromatic rings. The number of nitrogens with one attached hydrogen (secondary N) is 2. The highest BCUT2D eigenvalue weighted by Gasteiger charge is 2.16. The summed E-state index contributed by atoms with van der Waals surface area (Å²) in [5.74, 6) is 0.225. The molecule has 0 spiro atoms. The molecule has 0 aliphatic rings. The molecule has 9 nitrogen and oxygen atoms in total. The molecule has 10 heteroatoms. The van der Waals surface area contributed by atoms with Crippen LogP contribution in [0.2, 0.25) is 0 Å². The number of aromatic amines is 1. The fraction of sp³-hybridized carbons (Fsp3) is 0.278. The topological polar surface area (TPSA) is 123 Å². The summed E-state index contributed by atoms with van der Waals surface area (Å²) in [7, 11) is 1.54. The summed E-state index contributed by atoms with van der Waals surface area (Å²) < 4.78 is 6.65. The molecule has 0 aliphatic heterocycles. The number of rotatable bonds is 7. The third-order valence-electron chi connectivity index (χ3n) is 4.06. The summed E-state index contributed by atoms with van der Waals surface area (Å²) in [6.07, 6.45) is 0.0871.